The van der Waals surface area contributed by atoms with E-state index in [1.54, 1.807) is 54.0 Å². The minimum absolute atomic E-state index is 0.228. The van der Waals surface area contributed by atoms with Crippen LogP contribution in [0.4, 0.5) is 10.5 Å². The summed E-state index contributed by atoms with van der Waals surface area (Å²) in [4.78, 5) is 33.9. The molecule has 0 radical (unpaired) electrons. The predicted molar refractivity (Wildman–Crippen MR) is 141 cm³/mol. The van der Waals surface area contributed by atoms with Crippen LogP contribution in [0, 0.1) is 0 Å². The van der Waals surface area contributed by atoms with Gasteiger partial charge in [-0.2, -0.15) is 0 Å². The number of anilines is 1. The molecule has 4 aromatic rings. The van der Waals surface area contributed by atoms with Crippen LogP contribution >= 0.6 is 0 Å². The van der Waals surface area contributed by atoms with Crippen molar-refractivity contribution in [1.82, 2.24) is 14.5 Å². The number of rotatable bonds is 8. The quantitative estimate of drug-likeness (QED) is 0.360. The van der Waals surface area contributed by atoms with E-state index < -0.39 is 6.04 Å². The number of benzene rings is 3. The Balaban J connectivity index is 1.86. The fourth-order valence-electron chi connectivity index (χ4n) is 4.26. The number of hydrogen-bond acceptors (Lipinski definition) is 5. The lowest BCUT2D eigenvalue weighted by Gasteiger charge is -2.30. The molecule has 1 aromatic heterocycles. The molecule has 2 amide bonds. The number of urea groups is 1. The molecule has 0 saturated heterocycles. The number of hydrogen-bond donors (Lipinski definition) is 1. The summed E-state index contributed by atoms with van der Waals surface area (Å²) in [5, 5.41) is 3.44. The lowest BCUT2D eigenvalue weighted by molar-refractivity contribution is 0.189. The van der Waals surface area contributed by atoms with Gasteiger partial charge in [-0.15, -0.1) is 0 Å². The molecule has 3 aromatic carbocycles. The second-order valence-corrected chi connectivity index (χ2v) is 8.30. The van der Waals surface area contributed by atoms with Gasteiger partial charge in [0.1, 0.15) is 17.3 Å². The van der Waals surface area contributed by atoms with E-state index in [0.29, 0.717) is 46.1 Å². The molecule has 0 aliphatic carbocycles. The second-order valence-electron chi connectivity index (χ2n) is 8.30. The van der Waals surface area contributed by atoms with E-state index in [9.17, 15) is 9.59 Å². The highest BCUT2D eigenvalue weighted by molar-refractivity contribution is 5.91. The molecule has 4 rings (SSSR count). The fraction of sp³-hybridized carbons (Fsp3) is 0.250. The second kappa shape index (κ2) is 10.9. The van der Waals surface area contributed by atoms with Gasteiger partial charge in [-0.3, -0.25) is 9.36 Å². The first kappa shape index (κ1) is 24.8. The predicted octanol–water partition coefficient (Wildman–Crippen LogP) is 5.41. The van der Waals surface area contributed by atoms with E-state index in [-0.39, 0.29) is 11.6 Å². The average Bonchev–Trinajstić information content (AvgIpc) is 2.91. The number of ether oxygens (including phenoxy) is 2. The molecular weight excluding hydrogens is 456 g/mol. The molecule has 0 bridgehead atoms. The van der Waals surface area contributed by atoms with Gasteiger partial charge in [0.15, 0.2) is 0 Å². The lowest BCUT2D eigenvalue weighted by atomic mass is 10.1. The normalized spacial score (nSPS) is 11.7. The monoisotopic (exact) mass is 486 g/mol. The van der Waals surface area contributed by atoms with E-state index >= 15 is 0 Å². The minimum atomic E-state index is -0.540. The van der Waals surface area contributed by atoms with Gasteiger partial charge in [0.2, 0.25) is 0 Å². The summed E-state index contributed by atoms with van der Waals surface area (Å²) in [6.07, 6.45) is 0.718. The molecule has 36 heavy (non-hydrogen) atoms. The lowest BCUT2D eigenvalue weighted by Crippen LogP contribution is -2.40. The SMILES string of the molecule is CCCN(C(=O)Nc1ccccc1OC)C(C)c1nc2ccccc2c(=O)n1-c1ccccc1OC. The van der Waals surface area contributed by atoms with Crippen molar-refractivity contribution in [3.8, 4) is 17.2 Å². The first-order chi connectivity index (χ1) is 17.5. The molecule has 1 atom stereocenters. The maximum absolute atomic E-state index is 13.8. The van der Waals surface area contributed by atoms with E-state index in [4.69, 9.17) is 14.5 Å². The molecule has 8 heteroatoms. The topological polar surface area (TPSA) is 85.7 Å². The molecule has 1 N–H and O–H groups in total. The van der Waals surface area contributed by atoms with Gasteiger partial charge in [0, 0.05) is 6.54 Å². The van der Waals surface area contributed by atoms with Crippen molar-refractivity contribution in [2.24, 2.45) is 0 Å². The first-order valence-corrected chi connectivity index (χ1v) is 11.9. The zero-order valence-corrected chi connectivity index (χ0v) is 20.9. The van der Waals surface area contributed by atoms with Crippen molar-refractivity contribution in [2.45, 2.75) is 26.3 Å². The Labute approximate surface area is 210 Å². The van der Waals surface area contributed by atoms with E-state index in [1.807, 2.05) is 56.3 Å². The molecule has 0 saturated carbocycles. The highest BCUT2D eigenvalue weighted by Crippen LogP contribution is 2.29. The summed E-state index contributed by atoms with van der Waals surface area (Å²) >= 11 is 0. The molecular formula is C28H30N4O4. The maximum atomic E-state index is 13.8. The molecule has 1 heterocycles. The van der Waals surface area contributed by atoms with Crippen LogP contribution in [-0.4, -0.2) is 41.2 Å². The van der Waals surface area contributed by atoms with Crippen LogP contribution in [0.5, 0.6) is 11.5 Å². The highest BCUT2D eigenvalue weighted by atomic mass is 16.5. The van der Waals surface area contributed by atoms with Gasteiger partial charge < -0.3 is 19.7 Å². The number of aromatic nitrogens is 2. The Kier molecular flexibility index (Phi) is 7.53. The van der Waals surface area contributed by atoms with Gasteiger partial charge in [-0.05, 0) is 49.7 Å². The van der Waals surface area contributed by atoms with Crippen molar-refractivity contribution in [3.63, 3.8) is 0 Å². The largest absolute Gasteiger partial charge is 0.495 e. The molecule has 0 aliphatic rings. The smallest absolute Gasteiger partial charge is 0.322 e. The molecule has 8 nitrogen and oxygen atoms in total. The third-order valence-electron chi connectivity index (χ3n) is 6.04. The Morgan fingerprint density at radius 2 is 1.61 bits per heavy atom. The Hall–Kier alpha value is -4.33. The molecule has 1 unspecified atom stereocenters. The summed E-state index contributed by atoms with van der Waals surface area (Å²) < 4.78 is 12.5. The van der Waals surface area contributed by atoms with Gasteiger partial charge in [0.05, 0.1) is 42.5 Å². The number of methoxy groups -OCH3 is 2. The molecule has 0 fully saturated rings. The van der Waals surface area contributed by atoms with Crippen LogP contribution in [-0.2, 0) is 0 Å². The number of para-hydroxylation sites is 5. The van der Waals surface area contributed by atoms with Gasteiger partial charge in [-0.25, -0.2) is 9.78 Å². The Morgan fingerprint density at radius 3 is 2.33 bits per heavy atom. The van der Waals surface area contributed by atoms with Crippen LogP contribution in [0.1, 0.15) is 32.1 Å². The van der Waals surface area contributed by atoms with E-state index in [2.05, 4.69) is 5.32 Å². The Bertz CT molecular complexity index is 1430. The molecule has 186 valence electrons. The van der Waals surface area contributed by atoms with Crippen molar-refractivity contribution >= 4 is 22.6 Å². The van der Waals surface area contributed by atoms with Crippen molar-refractivity contribution < 1.29 is 14.3 Å². The zero-order valence-electron chi connectivity index (χ0n) is 20.9. The van der Waals surface area contributed by atoms with Crippen molar-refractivity contribution in [3.05, 3.63) is 89.0 Å². The summed E-state index contributed by atoms with van der Waals surface area (Å²) in [5.41, 5.74) is 1.46. The number of nitrogens with one attached hydrogen (secondary N) is 1. The highest BCUT2D eigenvalue weighted by Gasteiger charge is 2.27. The summed E-state index contributed by atoms with van der Waals surface area (Å²) in [6.45, 7) is 4.33. The van der Waals surface area contributed by atoms with Crippen LogP contribution in [0.25, 0.3) is 16.6 Å². The van der Waals surface area contributed by atoms with Crippen LogP contribution in [0.15, 0.2) is 77.6 Å². The van der Waals surface area contributed by atoms with Crippen molar-refractivity contribution in [1.29, 1.82) is 0 Å². The standard InChI is InChI=1S/C28H30N4O4/c1-5-18-31(28(34)30-22-14-8-10-16-24(22)35-3)19(2)26-29-21-13-7-6-12-20(21)27(33)32(26)23-15-9-11-17-25(23)36-4/h6-17,19H,5,18H2,1-4H3,(H,30,34). The van der Waals surface area contributed by atoms with E-state index in [0.717, 1.165) is 6.42 Å². The molecule has 0 aliphatic heterocycles. The summed E-state index contributed by atoms with van der Waals surface area (Å²) in [5.74, 6) is 1.53. The average molecular weight is 487 g/mol. The number of carbonyl (C=O) groups is 1. The van der Waals surface area contributed by atoms with Crippen molar-refractivity contribution in [2.75, 3.05) is 26.1 Å². The molecule has 0 spiro atoms. The number of carbonyl (C=O) groups excluding carboxylic acids is 1. The van der Waals surface area contributed by atoms with Crippen LogP contribution in [0.3, 0.4) is 0 Å². The summed E-state index contributed by atoms with van der Waals surface area (Å²) in [6, 6.07) is 20.9. The van der Waals surface area contributed by atoms with Crippen LogP contribution < -0.4 is 20.3 Å². The maximum Gasteiger partial charge on any atom is 0.322 e. The van der Waals surface area contributed by atoms with Gasteiger partial charge in [0.25, 0.3) is 5.56 Å². The summed E-state index contributed by atoms with van der Waals surface area (Å²) in [7, 11) is 3.12. The number of amides is 2. The number of fused-ring (bicyclic) bond motifs is 1. The minimum Gasteiger partial charge on any atom is -0.495 e. The first-order valence-electron chi connectivity index (χ1n) is 11.9. The van der Waals surface area contributed by atoms with Crippen LogP contribution in [0.2, 0.25) is 0 Å². The van der Waals surface area contributed by atoms with Gasteiger partial charge >= 0.3 is 6.03 Å². The third-order valence-corrected chi connectivity index (χ3v) is 6.04. The third kappa shape index (κ3) is 4.75. The Morgan fingerprint density at radius 1 is 0.972 bits per heavy atom. The van der Waals surface area contributed by atoms with Gasteiger partial charge in [-0.1, -0.05) is 43.3 Å². The fourth-order valence-corrected chi connectivity index (χ4v) is 4.26. The zero-order chi connectivity index (χ0) is 25.7. The number of nitrogens with zero attached hydrogens (tertiary/aromatic N) is 3. The van der Waals surface area contributed by atoms with E-state index in [1.165, 1.54) is 0 Å².